The van der Waals surface area contributed by atoms with Gasteiger partial charge in [0, 0.05) is 5.69 Å². The van der Waals surface area contributed by atoms with Crippen LogP contribution in [-0.2, 0) is 0 Å². The number of aryl methyl sites for hydroxylation is 1. The van der Waals surface area contributed by atoms with Gasteiger partial charge in [-0.1, -0.05) is 12.1 Å². The molecule has 2 aromatic heterocycles. The predicted octanol–water partition coefficient (Wildman–Crippen LogP) is 3.07. The van der Waals surface area contributed by atoms with Gasteiger partial charge < -0.3 is 4.98 Å². The summed E-state index contributed by atoms with van der Waals surface area (Å²) in [6, 6.07) is 10.5. The van der Waals surface area contributed by atoms with E-state index in [0.29, 0.717) is 16.9 Å². The highest BCUT2D eigenvalue weighted by Gasteiger charge is 2.09. The molecule has 0 fully saturated rings. The molecule has 1 aromatic carbocycles. The fraction of sp³-hybridized carbons (Fsp3) is 0.0769. The van der Waals surface area contributed by atoms with E-state index in [9.17, 15) is 4.39 Å². The molecule has 4 heteroatoms. The lowest BCUT2D eigenvalue weighted by atomic mass is 10.3. The van der Waals surface area contributed by atoms with Crippen molar-refractivity contribution in [1.82, 2.24) is 15.0 Å². The van der Waals surface area contributed by atoms with Crippen molar-refractivity contribution in [2.45, 2.75) is 6.92 Å². The summed E-state index contributed by atoms with van der Waals surface area (Å²) in [4.78, 5) is 11.6. The molecular weight excluding hydrogens is 217 g/mol. The second-order valence-electron chi connectivity index (χ2n) is 3.89. The standard InChI is InChI=1S/C13H10FN3/c1-8-4-2-7-11(15-8)13-16-10-6-3-5-9(14)12(10)17-13/h2-7H,1H3,(H,16,17). The van der Waals surface area contributed by atoms with Gasteiger partial charge in [0.25, 0.3) is 0 Å². The first-order valence-electron chi connectivity index (χ1n) is 5.32. The minimum atomic E-state index is -0.322. The Balaban J connectivity index is 2.22. The van der Waals surface area contributed by atoms with E-state index >= 15 is 0 Å². The van der Waals surface area contributed by atoms with Crippen LogP contribution in [0.25, 0.3) is 22.6 Å². The van der Waals surface area contributed by atoms with Gasteiger partial charge in [0.05, 0.1) is 5.52 Å². The van der Waals surface area contributed by atoms with Crippen LogP contribution in [0.2, 0.25) is 0 Å². The third kappa shape index (κ3) is 1.67. The molecule has 0 aliphatic heterocycles. The summed E-state index contributed by atoms with van der Waals surface area (Å²) in [6.45, 7) is 1.91. The molecule has 0 unspecified atom stereocenters. The Morgan fingerprint density at radius 1 is 1.06 bits per heavy atom. The van der Waals surface area contributed by atoms with Crippen molar-refractivity contribution in [3.63, 3.8) is 0 Å². The van der Waals surface area contributed by atoms with Crippen molar-refractivity contribution in [1.29, 1.82) is 0 Å². The SMILES string of the molecule is Cc1cccc(-c2nc3c(F)cccc3[nH]2)n1. The van der Waals surface area contributed by atoms with Crippen LogP contribution in [0.5, 0.6) is 0 Å². The normalized spacial score (nSPS) is 10.9. The van der Waals surface area contributed by atoms with Crippen LogP contribution in [0.3, 0.4) is 0 Å². The molecule has 3 aromatic rings. The van der Waals surface area contributed by atoms with Crippen molar-refractivity contribution < 1.29 is 4.39 Å². The Hall–Kier alpha value is -2.23. The minimum Gasteiger partial charge on any atom is -0.337 e. The monoisotopic (exact) mass is 227 g/mol. The second-order valence-corrected chi connectivity index (χ2v) is 3.89. The lowest BCUT2D eigenvalue weighted by Gasteiger charge is -1.96. The number of fused-ring (bicyclic) bond motifs is 1. The molecule has 1 N–H and O–H groups in total. The number of H-pyrrole nitrogens is 1. The Morgan fingerprint density at radius 3 is 2.65 bits per heavy atom. The molecule has 2 heterocycles. The van der Waals surface area contributed by atoms with E-state index in [2.05, 4.69) is 15.0 Å². The van der Waals surface area contributed by atoms with Gasteiger partial charge in [-0.25, -0.2) is 14.4 Å². The van der Waals surface area contributed by atoms with Gasteiger partial charge in [0.1, 0.15) is 11.2 Å². The molecule has 0 saturated carbocycles. The molecule has 0 bridgehead atoms. The summed E-state index contributed by atoms with van der Waals surface area (Å²) in [6.07, 6.45) is 0. The largest absolute Gasteiger partial charge is 0.337 e. The van der Waals surface area contributed by atoms with E-state index in [1.807, 2.05) is 25.1 Å². The van der Waals surface area contributed by atoms with E-state index in [0.717, 1.165) is 11.4 Å². The highest BCUT2D eigenvalue weighted by atomic mass is 19.1. The number of aromatic amines is 1. The second kappa shape index (κ2) is 3.66. The van der Waals surface area contributed by atoms with E-state index in [1.165, 1.54) is 6.07 Å². The van der Waals surface area contributed by atoms with Crippen molar-refractivity contribution >= 4 is 11.0 Å². The van der Waals surface area contributed by atoms with Crippen molar-refractivity contribution in [3.8, 4) is 11.5 Å². The molecule has 0 spiro atoms. The fourth-order valence-corrected chi connectivity index (χ4v) is 1.79. The fourth-order valence-electron chi connectivity index (χ4n) is 1.79. The van der Waals surface area contributed by atoms with E-state index in [-0.39, 0.29) is 5.82 Å². The number of hydrogen-bond donors (Lipinski definition) is 1. The Labute approximate surface area is 97.3 Å². The minimum absolute atomic E-state index is 0.322. The van der Waals surface area contributed by atoms with Gasteiger partial charge in [0.15, 0.2) is 11.6 Å². The molecule has 17 heavy (non-hydrogen) atoms. The summed E-state index contributed by atoms with van der Waals surface area (Å²) >= 11 is 0. The van der Waals surface area contributed by atoms with Crippen LogP contribution in [0, 0.1) is 12.7 Å². The summed E-state index contributed by atoms with van der Waals surface area (Å²) in [5.74, 6) is 0.270. The Kier molecular flexibility index (Phi) is 2.14. The first kappa shape index (κ1) is 9.96. The van der Waals surface area contributed by atoms with Crippen LogP contribution >= 0.6 is 0 Å². The first-order valence-corrected chi connectivity index (χ1v) is 5.32. The molecule has 0 aliphatic rings. The van der Waals surface area contributed by atoms with Crippen molar-refractivity contribution in [3.05, 3.63) is 47.9 Å². The maximum absolute atomic E-state index is 13.5. The lowest BCUT2D eigenvalue weighted by Crippen LogP contribution is -1.87. The summed E-state index contributed by atoms with van der Waals surface area (Å²) in [5.41, 5.74) is 2.66. The third-order valence-electron chi connectivity index (χ3n) is 2.59. The molecule has 3 nitrogen and oxygen atoms in total. The summed E-state index contributed by atoms with van der Waals surface area (Å²) in [7, 11) is 0. The Bertz CT molecular complexity index is 688. The van der Waals surface area contributed by atoms with Crippen molar-refractivity contribution in [2.24, 2.45) is 0 Å². The predicted molar refractivity (Wildman–Crippen MR) is 64.0 cm³/mol. The van der Waals surface area contributed by atoms with Crippen molar-refractivity contribution in [2.75, 3.05) is 0 Å². The zero-order valence-electron chi connectivity index (χ0n) is 9.24. The highest BCUT2D eigenvalue weighted by Crippen LogP contribution is 2.20. The number of halogens is 1. The average Bonchev–Trinajstić information content (AvgIpc) is 2.74. The van der Waals surface area contributed by atoms with E-state index in [1.54, 1.807) is 12.1 Å². The van der Waals surface area contributed by atoms with Crippen LogP contribution in [0.4, 0.5) is 4.39 Å². The molecule has 0 aliphatic carbocycles. The quantitative estimate of drug-likeness (QED) is 0.694. The topological polar surface area (TPSA) is 41.6 Å². The number of aromatic nitrogens is 3. The molecule has 84 valence electrons. The number of imidazole rings is 1. The first-order chi connectivity index (χ1) is 8.24. The third-order valence-corrected chi connectivity index (χ3v) is 2.59. The smallest absolute Gasteiger partial charge is 0.157 e. The highest BCUT2D eigenvalue weighted by molar-refractivity contribution is 5.79. The van der Waals surface area contributed by atoms with E-state index in [4.69, 9.17) is 0 Å². The molecule has 0 amide bonds. The summed E-state index contributed by atoms with van der Waals surface area (Å²) in [5, 5.41) is 0. The van der Waals surface area contributed by atoms with Gasteiger partial charge >= 0.3 is 0 Å². The zero-order valence-corrected chi connectivity index (χ0v) is 9.24. The molecule has 3 rings (SSSR count). The van der Waals surface area contributed by atoms with Crippen LogP contribution in [0.1, 0.15) is 5.69 Å². The van der Waals surface area contributed by atoms with Crippen LogP contribution in [0.15, 0.2) is 36.4 Å². The average molecular weight is 227 g/mol. The number of hydrogen-bond acceptors (Lipinski definition) is 2. The number of benzene rings is 1. The maximum Gasteiger partial charge on any atom is 0.157 e. The lowest BCUT2D eigenvalue weighted by molar-refractivity contribution is 0.637. The molecule has 0 radical (unpaired) electrons. The number of pyridine rings is 1. The Morgan fingerprint density at radius 2 is 1.88 bits per heavy atom. The number of nitrogens with zero attached hydrogens (tertiary/aromatic N) is 2. The van der Waals surface area contributed by atoms with E-state index < -0.39 is 0 Å². The summed E-state index contributed by atoms with van der Waals surface area (Å²) < 4.78 is 13.5. The molecule has 0 atom stereocenters. The van der Waals surface area contributed by atoms with Gasteiger partial charge in [0.2, 0.25) is 0 Å². The van der Waals surface area contributed by atoms with Gasteiger partial charge in [-0.05, 0) is 31.2 Å². The van der Waals surface area contributed by atoms with Gasteiger partial charge in [-0.3, -0.25) is 0 Å². The van der Waals surface area contributed by atoms with Crippen LogP contribution in [-0.4, -0.2) is 15.0 Å². The van der Waals surface area contributed by atoms with Crippen LogP contribution < -0.4 is 0 Å². The van der Waals surface area contributed by atoms with Gasteiger partial charge in [-0.15, -0.1) is 0 Å². The van der Waals surface area contributed by atoms with Gasteiger partial charge in [-0.2, -0.15) is 0 Å². The molecule has 0 saturated heterocycles. The zero-order chi connectivity index (χ0) is 11.8. The number of nitrogens with one attached hydrogen (secondary N) is 1. The molecular formula is C13H10FN3. The maximum atomic E-state index is 13.5. The number of para-hydroxylation sites is 1. The number of rotatable bonds is 1.